The van der Waals surface area contributed by atoms with Gasteiger partial charge in [-0.25, -0.2) is 0 Å². The quantitative estimate of drug-likeness (QED) is 0.791. The number of carbonyl (C=O) groups excluding carboxylic acids is 2. The average Bonchev–Trinajstić information content (AvgIpc) is 2.95. The number of nitrogens with one attached hydrogen (secondary N) is 2. The number of hydrogen-bond donors (Lipinski definition) is 3. The van der Waals surface area contributed by atoms with E-state index in [1.165, 1.54) is 6.26 Å². The van der Waals surface area contributed by atoms with Gasteiger partial charge in [-0.2, -0.15) is 0 Å². The van der Waals surface area contributed by atoms with Crippen LogP contribution in [0.25, 0.3) is 0 Å². The normalized spacial score (nSPS) is 11.7. The number of carbonyl (C=O) groups is 2. The molecule has 20 heavy (non-hydrogen) atoms. The third-order valence-corrected chi connectivity index (χ3v) is 2.57. The average molecular weight is 273 g/mol. The van der Waals surface area contributed by atoms with Crippen LogP contribution in [-0.2, 0) is 4.79 Å². The van der Waals surface area contributed by atoms with Gasteiger partial charge < -0.3 is 20.8 Å². The van der Waals surface area contributed by atoms with Crippen molar-refractivity contribution in [1.82, 2.24) is 0 Å². The van der Waals surface area contributed by atoms with Gasteiger partial charge >= 0.3 is 0 Å². The van der Waals surface area contributed by atoms with Crippen molar-refractivity contribution in [2.45, 2.75) is 13.0 Å². The summed E-state index contributed by atoms with van der Waals surface area (Å²) >= 11 is 0. The van der Waals surface area contributed by atoms with Crippen molar-refractivity contribution in [3.05, 3.63) is 48.4 Å². The lowest BCUT2D eigenvalue weighted by atomic mass is 10.2. The van der Waals surface area contributed by atoms with E-state index in [-0.39, 0.29) is 17.6 Å². The second kappa shape index (κ2) is 6.03. The van der Waals surface area contributed by atoms with Gasteiger partial charge in [0.2, 0.25) is 5.91 Å². The van der Waals surface area contributed by atoms with Gasteiger partial charge in [0.25, 0.3) is 5.91 Å². The molecule has 6 heteroatoms. The summed E-state index contributed by atoms with van der Waals surface area (Å²) in [6.07, 6.45) is 1.43. The Labute approximate surface area is 116 Å². The van der Waals surface area contributed by atoms with Crippen LogP contribution in [0, 0.1) is 0 Å². The zero-order chi connectivity index (χ0) is 14.5. The van der Waals surface area contributed by atoms with Gasteiger partial charge in [-0.1, -0.05) is 0 Å². The smallest absolute Gasteiger partial charge is 0.291 e. The Hall–Kier alpha value is -2.60. The molecule has 0 fully saturated rings. The van der Waals surface area contributed by atoms with Crippen molar-refractivity contribution in [1.29, 1.82) is 0 Å². The molecule has 2 rings (SSSR count). The van der Waals surface area contributed by atoms with Gasteiger partial charge in [-0.05, 0) is 43.3 Å². The molecule has 104 valence electrons. The Morgan fingerprint density at radius 1 is 1.10 bits per heavy atom. The minimum atomic E-state index is -0.576. The Morgan fingerprint density at radius 2 is 1.70 bits per heavy atom. The molecule has 2 aromatic rings. The molecule has 0 aliphatic carbocycles. The largest absolute Gasteiger partial charge is 0.459 e. The summed E-state index contributed by atoms with van der Waals surface area (Å²) < 4.78 is 4.99. The lowest BCUT2D eigenvalue weighted by Gasteiger charge is -2.08. The highest BCUT2D eigenvalue weighted by Gasteiger charge is 2.09. The van der Waals surface area contributed by atoms with Crippen LogP contribution in [0.1, 0.15) is 17.5 Å². The highest BCUT2D eigenvalue weighted by molar-refractivity contribution is 6.02. The number of furan rings is 1. The Balaban J connectivity index is 1.98. The zero-order valence-electron chi connectivity index (χ0n) is 10.9. The standard InChI is InChI=1S/C14H15N3O3/c1-9(15)13(18)16-10-4-6-11(7-5-10)17-14(19)12-3-2-8-20-12/h2-9H,15H2,1H3,(H,16,18)(H,17,19). The van der Waals surface area contributed by atoms with Crippen LogP contribution in [0.5, 0.6) is 0 Å². The fourth-order valence-corrected chi connectivity index (χ4v) is 1.49. The highest BCUT2D eigenvalue weighted by Crippen LogP contribution is 2.15. The highest BCUT2D eigenvalue weighted by atomic mass is 16.3. The number of nitrogens with two attached hydrogens (primary N) is 1. The fraction of sp³-hybridized carbons (Fsp3) is 0.143. The van der Waals surface area contributed by atoms with Gasteiger partial charge in [-0.15, -0.1) is 0 Å². The fourth-order valence-electron chi connectivity index (χ4n) is 1.49. The van der Waals surface area contributed by atoms with Crippen LogP contribution < -0.4 is 16.4 Å². The monoisotopic (exact) mass is 273 g/mol. The molecule has 1 unspecified atom stereocenters. The second-order valence-electron chi connectivity index (χ2n) is 4.29. The molecule has 2 amide bonds. The SMILES string of the molecule is CC(N)C(=O)Nc1ccc(NC(=O)c2ccco2)cc1. The molecule has 1 heterocycles. The van der Waals surface area contributed by atoms with E-state index in [9.17, 15) is 9.59 Å². The summed E-state index contributed by atoms with van der Waals surface area (Å²) in [5.41, 5.74) is 6.67. The number of anilines is 2. The molecule has 4 N–H and O–H groups in total. The topological polar surface area (TPSA) is 97.4 Å². The van der Waals surface area contributed by atoms with Crippen molar-refractivity contribution >= 4 is 23.2 Å². The Morgan fingerprint density at radius 3 is 2.20 bits per heavy atom. The summed E-state index contributed by atoms with van der Waals surface area (Å²) in [4.78, 5) is 23.1. The second-order valence-corrected chi connectivity index (χ2v) is 4.29. The molecule has 0 aliphatic heterocycles. The summed E-state index contributed by atoms with van der Waals surface area (Å²) in [6.45, 7) is 1.60. The maximum Gasteiger partial charge on any atom is 0.291 e. The van der Waals surface area contributed by atoms with Gasteiger partial charge in [0.1, 0.15) is 0 Å². The van der Waals surface area contributed by atoms with Gasteiger partial charge in [-0.3, -0.25) is 9.59 Å². The summed E-state index contributed by atoms with van der Waals surface area (Å²) in [5.74, 6) is -0.362. The molecule has 0 radical (unpaired) electrons. The van der Waals surface area contributed by atoms with Gasteiger partial charge in [0.15, 0.2) is 5.76 Å². The van der Waals surface area contributed by atoms with E-state index in [1.807, 2.05) is 0 Å². The number of amides is 2. The molecule has 0 saturated carbocycles. The molecule has 0 bridgehead atoms. The van der Waals surface area contributed by atoms with E-state index >= 15 is 0 Å². The van der Waals surface area contributed by atoms with Crippen molar-refractivity contribution in [2.75, 3.05) is 10.6 Å². The molecular formula is C14H15N3O3. The molecule has 1 atom stereocenters. The molecule has 6 nitrogen and oxygen atoms in total. The Bertz CT molecular complexity index is 589. The first-order valence-corrected chi connectivity index (χ1v) is 6.07. The van der Waals surface area contributed by atoms with Crippen LogP contribution in [0.15, 0.2) is 47.1 Å². The lowest BCUT2D eigenvalue weighted by Crippen LogP contribution is -2.32. The summed E-state index contributed by atoms with van der Waals surface area (Å²) in [7, 11) is 0. The van der Waals surface area contributed by atoms with Crippen LogP contribution in [0.3, 0.4) is 0 Å². The molecule has 0 spiro atoms. The van der Waals surface area contributed by atoms with E-state index in [0.717, 1.165) is 0 Å². The van der Waals surface area contributed by atoms with Crippen molar-refractivity contribution in [2.24, 2.45) is 5.73 Å². The van der Waals surface area contributed by atoms with E-state index < -0.39 is 6.04 Å². The van der Waals surface area contributed by atoms with Crippen LogP contribution in [0.4, 0.5) is 11.4 Å². The molecule has 0 saturated heterocycles. The van der Waals surface area contributed by atoms with Gasteiger partial charge in [0, 0.05) is 11.4 Å². The minimum Gasteiger partial charge on any atom is -0.459 e. The molecular weight excluding hydrogens is 258 g/mol. The molecule has 1 aromatic carbocycles. The van der Waals surface area contributed by atoms with E-state index in [1.54, 1.807) is 43.3 Å². The zero-order valence-corrected chi connectivity index (χ0v) is 10.9. The third-order valence-electron chi connectivity index (χ3n) is 2.57. The first-order chi connectivity index (χ1) is 9.56. The number of rotatable bonds is 4. The molecule has 0 aliphatic rings. The predicted molar refractivity (Wildman–Crippen MR) is 75.4 cm³/mol. The number of hydrogen-bond acceptors (Lipinski definition) is 4. The lowest BCUT2D eigenvalue weighted by molar-refractivity contribution is -0.117. The van der Waals surface area contributed by atoms with Crippen LogP contribution >= 0.6 is 0 Å². The van der Waals surface area contributed by atoms with E-state index in [0.29, 0.717) is 11.4 Å². The third kappa shape index (κ3) is 3.46. The maximum absolute atomic E-state index is 11.7. The molecule has 1 aromatic heterocycles. The first-order valence-electron chi connectivity index (χ1n) is 6.07. The van der Waals surface area contributed by atoms with Crippen molar-refractivity contribution in [3.8, 4) is 0 Å². The van der Waals surface area contributed by atoms with Crippen LogP contribution in [-0.4, -0.2) is 17.9 Å². The summed E-state index contributed by atoms with van der Waals surface area (Å²) in [6, 6.07) is 9.35. The first kappa shape index (κ1) is 13.8. The predicted octanol–water partition coefficient (Wildman–Crippen LogP) is 1.82. The van der Waals surface area contributed by atoms with Crippen molar-refractivity contribution < 1.29 is 14.0 Å². The summed E-state index contributed by atoms with van der Waals surface area (Å²) in [5, 5.41) is 5.33. The van der Waals surface area contributed by atoms with Crippen molar-refractivity contribution in [3.63, 3.8) is 0 Å². The maximum atomic E-state index is 11.7. The van der Waals surface area contributed by atoms with E-state index in [2.05, 4.69) is 10.6 Å². The van der Waals surface area contributed by atoms with Crippen LogP contribution in [0.2, 0.25) is 0 Å². The minimum absolute atomic E-state index is 0.235. The van der Waals surface area contributed by atoms with Gasteiger partial charge in [0.05, 0.1) is 12.3 Å². The Kier molecular flexibility index (Phi) is 4.17. The van der Waals surface area contributed by atoms with E-state index in [4.69, 9.17) is 10.2 Å². The number of benzene rings is 1.